The van der Waals surface area contributed by atoms with E-state index in [9.17, 15) is 0 Å². The van der Waals surface area contributed by atoms with Gasteiger partial charge in [0, 0.05) is 38.5 Å². The fraction of sp³-hybridized carbons (Fsp3) is 0.519. The summed E-state index contributed by atoms with van der Waals surface area (Å²) in [6.07, 6.45) is 7.70. The van der Waals surface area contributed by atoms with Crippen molar-refractivity contribution in [2.45, 2.75) is 38.5 Å². The minimum Gasteiger partial charge on any atom is -1.00 e. The molecule has 0 spiro atoms. The van der Waals surface area contributed by atoms with Gasteiger partial charge in [0.1, 0.15) is 5.69 Å². The number of quaternary nitrogens is 5. The Labute approximate surface area is 259 Å². The molecule has 1 heterocycles. The molecule has 220 valence electrons. The first-order chi connectivity index (χ1) is 16.3. The molecule has 0 radical (unpaired) electrons. The Hall–Kier alpha value is -0.640. The summed E-state index contributed by atoms with van der Waals surface area (Å²) in [5, 5.41) is 7.45. The lowest BCUT2D eigenvalue weighted by molar-refractivity contribution is -0.901. The van der Waals surface area contributed by atoms with Crippen molar-refractivity contribution in [2.24, 2.45) is 0 Å². The highest BCUT2D eigenvalue weighted by atomic mass is 35.5. The first-order valence-corrected chi connectivity index (χ1v) is 13.2. The van der Waals surface area contributed by atoms with Crippen LogP contribution in [0.4, 0.5) is 5.69 Å². The number of nitrogens with two attached hydrogens (primary N) is 2. The number of nitrogens with zero attached hydrogens (tertiary/aromatic N) is 1. The second-order valence-electron chi connectivity index (χ2n) is 9.25. The minimum atomic E-state index is 0. The second kappa shape index (κ2) is 25.3. The van der Waals surface area contributed by atoms with E-state index in [-0.39, 0.29) is 62.0 Å². The summed E-state index contributed by atoms with van der Waals surface area (Å²) in [7, 11) is 0. The molecule has 38 heavy (non-hydrogen) atoms. The highest BCUT2D eigenvalue weighted by Gasteiger charge is 2.13. The van der Waals surface area contributed by atoms with Crippen molar-refractivity contribution in [3.05, 3.63) is 48.5 Å². The van der Waals surface area contributed by atoms with Crippen molar-refractivity contribution in [1.29, 1.82) is 0 Å². The third kappa shape index (κ3) is 14.1. The lowest BCUT2D eigenvalue weighted by Crippen LogP contribution is -3.12. The maximum absolute atomic E-state index is 4.86. The van der Waals surface area contributed by atoms with Gasteiger partial charge in [0.05, 0.1) is 74.2 Å². The van der Waals surface area contributed by atoms with Crippen molar-refractivity contribution in [1.82, 2.24) is 4.98 Å². The summed E-state index contributed by atoms with van der Waals surface area (Å²) in [5.74, 6) is 0. The van der Waals surface area contributed by atoms with E-state index in [1.54, 1.807) is 4.90 Å². The lowest BCUT2D eigenvalue weighted by atomic mass is 10.1. The van der Waals surface area contributed by atoms with Crippen LogP contribution in [-0.2, 0) is 0 Å². The predicted molar refractivity (Wildman–Crippen MR) is 136 cm³/mol. The summed E-state index contributed by atoms with van der Waals surface area (Å²) in [6, 6.07) is 17.1. The van der Waals surface area contributed by atoms with Crippen LogP contribution >= 0.6 is 0 Å². The Morgan fingerprint density at radius 3 is 1.61 bits per heavy atom. The zero-order valence-corrected chi connectivity index (χ0v) is 26.2. The number of pyridine rings is 1. The van der Waals surface area contributed by atoms with Gasteiger partial charge in [0.15, 0.2) is 0 Å². The molecular formula is C27H47Cl5N6. The van der Waals surface area contributed by atoms with Gasteiger partial charge < -0.3 is 89.0 Å². The van der Waals surface area contributed by atoms with E-state index in [0.717, 1.165) is 30.7 Å². The molecule has 6 nitrogen and oxygen atoms in total. The fourth-order valence-electron chi connectivity index (χ4n) is 4.70. The summed E-state index contributed by atoms with van der Waals surface area (Å²) >= 11 is 0. The van der Waals surface area contributed by atoms with Crippen LogP contribution in [0.15, 0.2) is 48.5 Å². The van der Waals surface area contributed by atoms with Crippen LogP contribution in [-0.4, -0.2) is 57.3 Å². The van der Waals surface area contributed by atoms with Gasteiger partial charge in [-0.15, -0.1) is 0 Å². The lowest BCUT2D eigenvalue weighted by Gasteiger charge is -2.18. The number of para-hydroxylation sites is 2. The minimum absolute atomic E-state index is 0. The molecule has 1 aromatic heterocycles. The molecule has 2 aromatic carbocycles. The normalized spacial score (nSPS) is 10.9. The number of fused-ring (bicyclic) bond motifs is 2. The summed E-state index contributed by atoms with van der Waals surface area (Å²) < 4.78 is 0. The van der Waals surface area contributed by atoms with Gasteiger partial charge in [0.2, 0.25) is 0 Å². The molecule has 0 aliphatic carbocycles. The number of benzene rings is 2. The summed E-state index contributed by atoms with van der Waals surface area (Å²) in [4.78, 5) is 6.63. The SMILES string of the molecule is [Cl-].[Cl-].[Cl-].[Cl-].[Cl-].[NH3+]CCC[NH2+]CCCC[NH+](CCC[NH3+])CCCC[NH2+]c1c2ccccc2nc2ccccc12. The van der Waals surface area contributed by atoms with Gasteiger partial charge in [-0.3, -0.25) is 0 Å². The average Bonchev–Trinajstić information content (AvgIpc) is 2.85. The number of halogens is 5. The molecule has 11 N–H and O–H groups in total. The maximum Gasteiger partial charge on any atom is 0.148 e. The van der Waals surface area contributed by atoms with Crippen LogP contribution in [0.5, 0.6) is 0 Å². The van der Waals surface area contributed by atoms with E-state index in [0.29, 0.717) is 0 Å². The zero-order chi connectivity index (χ0) is 23.1. The molecule has 11 heteroatoms. The molecular weight excluding hydrogens is 586 g/mol. The van der Waals surface area contributed by atoms with Gasteiger partial charge in [-0.2, -0.15) is 0 Å². The number of hydrogen-bond donors (Lipinski definition) is 5. The Kier molecular flexibility index (Phi) is 27.9. The van der Waals surface area contributed by atoms with Crippen LogP contribution in [0.25, 0.3) is 21.8 Å². The maximum atomic E-state index is 4.86. The van der Waals surface area contributed by atoms with E-state index in [4.69, 9.17) is 4.98 Å². The Morgan fingerprint density at radius 1 is 0.579 bits per heavy atom. The van der Waals surface area contributed by atoms with Crippen molar-refractivity contribution in [3.8, 4) is 0 Å². The highest BCUT2D eigenvalue weighted by molar-refractivity contribution is 6.03. The molecule has 0 aliphatic rings. The predicted octanol–water partition coefficient (Wildman–Crippen LogP) is -16.1. The third-order valence-electron chi connectivity index (χ3n) is 6.59. The van der Waals surface area contributed by atoms with Crippen LogP contribution in [0, 0.1) is 0 Å². The average molecular weight is 633 g/mol. The van der Waals surface area contributed by atoms with Crippen LogP contribution in [0.2, 0.25) is 0 Å². The molecule has 1 unspecified atom stereocenters. The van der Waals surface area contributed by atoms with Crippen molar-refractivity contribution >= 4 is 27.5 Å². The van der Waals surface area contributed by atoms with E-state index in [1.165, 1.54) is 87.7 Å². The number of nitrogens with one attached hydrogen (secondary N) is 1. The summed E-state index contributed by atoms with van der Waals surface area (Å²) in [6.45, 7) is 9.62. The van der Waals surface area contributed by atoms with E-state index in [1.807, 2.05) is 0 Å². The van der Waals surface area contributed by atoms with E-state index in [2.05, 4.69) is 70.6 Å². The fourth-order valence-corrected chi connectivity index (χ4v) is 4.70. The van der Waals surface area contributed by atoms with Gasteiger partial charge in [-0.1, -0.05) is 24.3 Å². The molecule has 0 amide bonds. The van der Waals surface area contributed by atoms with E-state index < -0.39 is 0 Å². The molecule has 0 saturated carbocycles. The van der Waals surface area contributed by atoms with Gasteiger partial charge in [0.25, 0.3) is 0 Å². The zero-order valence-electron chi connectivity index (χ0n) is 22.4. The molecule has 3 rings (SSSR count). The monoisotopic (exact) mass is 630 g/mol. The third-order valence-corrected chi connectivity index (χ3v) is 6.59. The smallest absolute Gasteiger partial charge is 0.148 e. The number of hydrogen-bond acceptors (Lipinski definition) is 1. The van der Waals surface area contributed by atoms with Gasteiger partial charge >= 0.3 is 0 Å². The number of unbranched alkanes of at least 4 members (excludes halogenated alkanes) is 2. The standard InChI is InChI=1S/C27H42N6.5ClH/c28-15-9-18-30-17-5-7-20-33(22-10-16-29)21-8-6-19-31-27-23-11-1-3-13-25(23)32-26-14-4-2-12-24(26)27;;;;;/h1-4,11-14,30H,5-10,15-22,28-29H2,(H,31,32);5*1H. The van der Waals surface area contributed by atoms with Crippen molar-refractivity contribution in [2.75, 3.05) is 52.4 Å². The number of aromatic nitrogens is 1. The highest BCUT2D eigenvalue weighted by Crippen LogP contribution is 2.26. The van der Waals surface area contributed by atoms with Crippen LogP contribution in [0.1, 0.15) is 38.5 Å². The Balaban J connectivity index is -0.00000245. The second-order valence-corrected chi connectivity index (χ2v) is 9.25. The number of rotatable bonds is 17. The summed E-state index contributed by atoms with van der Waals surface area (Å²) in [5.41, 5.74) is 11.5. The molecule has 0 saturated heterocycles. The molecule has 1 atom stereocenters. The molecule has 0 fully saturated rings. The first-order valence-electron chi connectivity index (χ1n) is 13.2. The van der Waals surface area contributed by atoms with Crippen molar-refractivity contribution < 1.29 is 89.0 Å². The van der Waals surface area contributed by atoms with Gasteiger partial charge in [-0.05, 0) is 24.3 Å². The molecule has 0 aliphatic heterocycles. The quantitative estimate of drug-likeness (QED) is 0.0741. The van der Waals surface area contributed by atoms with Gasteiger partial charge in [-0.25, -0.2) is 4.98 Å². The molecule has 3 aromatic rings. The van der Waals surface area contributed by atoms with Crippen LogP contribution in [0.3, 0.4) is 0 Å². The largest absolute Gasteiger partial charge is 1.00 e. The molecule has 0 bridgehead atoms. The van der Waals surface area contributed by atoms with Crippen molar-refractivity contribution in [3.63, 3.8) is 0 Å². The first kappa shape index (κ1) is 41.8. The topological polar surface area (TPSA) is 106 Å². The van der Waals surface area contributed by atoms with E-state index >= 15 is 0 Å². The Morgan fingerprint density at radius 2 is 1.05 bits per heavy atom. The van der Waals surface area contributed by atoms with Crippen LogP contribution < -0.4 is 89.0 Å². The Bertz CT molecular complexity index is 912.